The summed E-state index contributed by atoms with van der Waals surface area (Å²) in [6.45, 7) is 0.435. The highest BCUT2D eigenvalue weighted by Gasteiger charge is 2.36. The van der Waals surface area contributed by atoms with Gasteiger partial charge in [0.25, 0.3) is 5.56 Å². The molecule has 2 bridgehead atoms. The Morgan fingerprint density at radius 1 is 1.06 bits per heavy atom. The molecular formula is C25H23ClN2O3. The van der Waals surface area contributed by atoms with E-state index in [-0.39, 0.29) is 18.0 Å². The number of ether oxygens (including phenoxy) is 1. The molecule has 2 atom stereocenters. The van der Waals surface area contributed by atoms with E-state index in [1.807, 2.05) is 48.5 Å². The van der Waals surface area contributed by atoms with E-state index in [1.165, 1.54) is 18.1 Å². The van der Waals surface area contributed by atoms with Crippen LogP contribution in [-0.4, -0.2) is 10.6 Å². The van der Waals surface area contributed by atoms with Gasteiger partial charge in [0.2, 0.25) is 0 Å². The molecule has 158 valence electrons. The second-order valence-corrected chi connectivity index (χ2v) is 8.16. The lowest BCUT2D eigenvalue weighted by Gasteiger charge is -2.20. The van der Waals surface area contributed by atoms with E-state index in [1.54, 1.807) is 10.8 Å². The topological polar surface area (TPSA) is 56.4 Å². The van der Waals surface area contributed by atoms with Crippen LogP contribution in [0.3, 0.4) is 0 Å². The third-order valence-corrected chi connectivity index (χ3v) is 6.23. The molecule has 5 nitrogen and oxygen atoms in total. The molecule has 0 spiro atoms. The van der Waals surface area contributed by atoms with Crippen molar-refractivity contribution in [3.8, 4) is 11.4 Å². The van der Waals surface area contributed by atoms with E-state index in [2.05, 4.69) is 11.4 Å². The van der Waals surface area contributed by atoms with Crippen LogP contribution in [0, 0.1) is 0 Å². The second-order valence-electron chi connectivity index (χ2n) is 8.16. The van der Waals surface area contributed by atoms with Gasteiger partial charge in [-0.2, -0.15) is 0 Å². The van der Waals surface area contributed by atoms with E-state index < -0.39 is 0 Å². The number of hydrogen-bond donors (Lipinski definition) is 1. The molecule has 4 aromatic rings. The Bertz CT molecular complexity index is 1300. The molecule has 2 aliphatic rings. The highest BCUT2D eigenvalue weighted by Crippen LogP contribution is 2.42. The number of nitrogens with zero attached hydrogens (tertiary/aromatic N) is 1. The molecule has 4 heterocycles. The Labute approximate surface area is 186 Å². The smallest absolute Gasteiger partial charge is 0.258 e. The standard InChI is InChI=1S/C25H22N2O3.ClH/c28-24-14-19(29-15-16-4-2-1-3-5-16)10-11-27(24)18-7-8-20-22(13-18)30-23-12-17-6-9-21(26-17)25(20)23;/h1-5,7-8,10-11,13-14,17,21,26H,6,9,12,15H2;1H. The summed E-state index contributed by atoms with van der Waals surface area (Å²) in [5.74, 6) is 1.67. The van der Waals surface area contributed by atoms with E-state index in [4.69, 9.17) is 9.15 Å². The summed E-state index contributed by atoms with van der Waals surface area (Å²) >= 11 is 0. The van der Waals surface area contributed by atoms with Gasteiger partial charge < -0.3 is 14.5 Å². The zero-order valence-electron chi connectivity index (χ0n) is 16.9. The normalized spacial score (nSPS) is 19.1. The van der Waals surface area contributed by atoms with Crippen LogP contribution in [0.5, 0.6) is 5.75 Å². The summed E-state index contributed by atoms with van der Waals surface area (Å²) in [4.78, 5) is 12.7. The van der Waals surface area contributed by atoms with Gasteiger partial charge in [0, 0.05) is 47.8 Å². The van der Waals surface area contributed by atoms with Gasteiger partial charge >= 0.3 is 0 Å². The third-order valence-electron chi connectivity index (χ3n) is 6.23. The predicted molar refractivity (Wildman–Crippen MR) is 122 cm³/mol. The van der Waals surface area contributed by atoms with Gasteiger partial charge in [0.1, 0.15) is 23.7 Å². The van der Waals surface area contributed by atoms with Crippen molar-refractivity contribution in [1.29, 1.82) is 0 Å². The fraction of sp³-hybridized carbons (Fsp3) is 0.240. The molecule has 1 saturated heterocycles. The first-order chi connectivity index (χ1) is 14.7. The van der Waals surface area contributed by atoms with Crippen LogP contribution < -0.4 is 15.6 Å². The van der Waals surface area contributed by atoms with Crippen molar-refractivity contribution in [2.24, 2.45) is 0 Å². The summed E-state index contributed by atoms with van der Waals surface area (Å²) in [7, 11) is 0. The van der Waals surface area contributed by atoms with Crippen LogP contribution in [0.4, 0.5) is 0 Å². The van der Waals surface area contributed by atoms with E-state index >= 15 is 0 Å². The predicted octanol–water partition coefficient (Wildman–Crippen LogP) is 4.93. The third kappa shape index (κ3) is 3.54. The van der Waals surface area contributed by atoms with E-state index in [0.29, 0.717) is 24.4 Å². The number of hydrogen-bond acceptors (Lipinski definition) is 4. The molecule has 1 fully saturated rings. The first-order valence-corrected chi connectivity index (χ1v) is 10.5. The minimum absolute atomic E-state index is 0. The van der Waals surface area contributed by atoms with Gasteiger partial charge in [-0.25, -0.2) is 0 Å². The molecule has 6 rings (SSSR count). The maximum Gasteiger partial charge on any atom is 0.258 e. The van der Waals surface area contributed by atoms with Crippen LogP contribution in [0.2, 0.25) is 0 Å². The zero-order valence-corrected chi connectivity index (χ0v) is 17.7. The van der Waals surface area contributed by atoms with Crippen molar-refractivity contribution in [2.75, 3.05) is 0 Å². The molecule has 0 radical (unpaired) electrons. The number of rotatable bonds is 4. The quantitative estimate of drug-likeness (QED) is 0.494. The second kappa shape index (κ2) is 7.91. The Balaban J connectivity index is 0.00000204. The summed E-state index contributed by atoms with van der Waals surface area (Å²) in [5.41, 5.74) is 3.89. The van der Waals surface area contributed by atoms with Crippen molar-refractivity contribution < 1.29 is 9.15 Å². The number of furan rings is 1. The van der Waals surface area contributed by atoms with Gasteiger partial charge in [-0.15, -0.1) is 12.4 Å². The number of benzene rings is 2. The number of pyridine rings is 1. The summed E-state index contributed by atoms with van der Waals surface area (Å²) in [6, 6.07) is 20.2. The Morgan fingerprint density at radius 2 is 1.94 bits per heavy atom. The van der Waals surface area contributed by atoms with Crippen molar-refractivity contribution in [3.05, 3.63) is 94.1 Å². The first-order valence-electron chi connectivity index (χ1n) is 10.5. The molecule has 2 aliphatic heterocycles. The summed E-state index contributed by atoms with van der Waals surface area (Å²) < 4.78 is 13.6. The fourth-order valence-electron chi connectivity index (χ4n) is 4.78. The minimum Gasteiger partial charge on any atom is -0.489 e. The number of fused-ring (bicyclic) bond motifs is 6. The van der Waals surface area contributed by atoms with Gasteiger partial charge in [-0.1, -0.05) is 30.3 Å². The van der Waals surface area contributed by atoms with Gasteiger partial charge in [-0.05, 0) is 36.6 Å². The maximum absolute atomic E-state index is 12.7. The van der Waals surface area contributed by atoms with Crippen molar-refractivity contribution in [2.45, 2.75) is 38.0 Å². The van der Waals surface area contributed by atoms with Crippen LogP contribution in [0.25, 0.3) is 16.7 Å². The SMILES string of the molecule is Cl.O=c1cc(OCc2ccccc2)ccn1-c1ccc2c3c(oc2c1)CC1CCC3N1. The molecule has 2 aromatic carbocycles. The molecule has 31 heavy (non-hydrogen) atoms. The highest BCUT2D eigenvalue weighted by molar-refractivity contribution is 5.85. The van der Waals surface area contributed by atoms with Gasteiger partial charge in [0.15, 0.2) is 0 Å². The highest BCUT2D eigenvalue weighted by atomic mass is 35.5. The minimum atomic E-state index is -0.128. The van der Waals surface area contributed by atoms with Crippen LogP contribution >= 0.6 is 12.4 Å². The molecule has 0 saturated carbocycles. The molecule has 0 amide bonds. The van der Waals surface area contributed by atoms with Gasteiger partial charge in [0.05, 0.1) is 5.69 Å². The zero-order chi connectivity index (χ0) is 20.1. The summed E-state index contributed by atoms with van der Waals surface area (Å²) in [6.07, 6.45) is 5.08. The van der Waals surface area contributed by atoms with E-state index in [9.17, 15) is 4.79 Å². The largest absolute Gasteiger partial charge is 0.489 e. The molecule has 2 unspecified atom stereocenters. The lowest BCUT2D eigenvalue weighted by Crippen LogP contribution is -2.30. The summed E-state index contributed by atoms with van der Waals surface area (Å²) in [5, 5.41) is 4.84. The van der Waals surface area contributed by atoms with Crippen LogP contribution in [0.1, 0.15) is 35.8 Å². The number of nitrogens with one attached hydrogen (secondary N) is 1. The van der Waals surface area contributed by atoms with Crippen molar-refractivity contribution in [3.63, 3.8) is 0 Å². The molecule has 0 aliphatic carbocycles. The van der Waals surface area contributed by atoms with Gasteiger partial charge in [-0.3, -0.25) is 9.36 Å². The first kappa shape index (κ1) is 19.9. The average Bonchev–Trinajstić information content (AvgIpc) is 3.33. The van der Waals surface area contributed by atoms with E-state index in [0.717, 1.165) is 40.8 Å². The average molecular weight is 435 g/mol. The Hall–Kier alpha value is -3.02. The van der Waals surface area contributed by atoms with Crippen LogP contribution in [-0.2, 0) is 13.0 Å². The number of aromatic nitrogens is 1. The molecule has 1 N–H and O–H groups in total. The maximum atomic E-state index is 12.7. The lowest BCUT2D eigenvalue weighted by atomic mass is 9.99. The van der Waals surface area contributed by atoms with Crippen molar-refractivity contribution >= 4 is 23.4 Å². The number of halogens is 1. The lowest BCUT2D eigenvalue weighted by molar-refractivity contribution is 0.305. The fourth-order valence-corrected chi connectivity index (χ4v) is 4.78. The van der Waals surface area contributed by atoms with Crippen LogP contribution in [0.15, 0.2) is 76.1 Å². The monoisotopic (exact) mass is 434 g/mol. The molecular weight excluding hydrogens is 412 g/mol. The molecule has 6 heteroatoms. The van der Waals surface area contributed by atoms with Crippen molar-refractivity contribution in [1.82, 2.24) is 9.88 Å². The Morgan fingerprint density at radius 3 is 2.77 bits per heavy atom. The Kier molecular flexibility index (Phi) is 5.08. The molecule has 2 aromatic heterocycles.